The van der Waals surface area contributed by atoms with Crippen molar-refractivity contribution in [2.24, 2.45) is 5.84 Å². The van der Waals surface area contributed by atoms with Crippen molar-refractivity contribution in [1.82, 2.24) is 15.2 Å². The lowest BCUT2D eigenvalue weighted by atomic mass is 10.1. The fraction of sp³-hybridized carbons (Fsp3) is 0.300. The van der Waals surface area contributed by atoms with E-state index in [0.717, 1.165) is 11.3 Å². The van der Waals surface area contributed by atoms with Crippen molar-refractivity contribution in [3.8, 4) is 0 Å². The Labute approximate surface area is 124 Å². The highest BCUT2D eigenvalue weighted by atomic mass is 35.5. The normalized spacial score (nSPS) is 12.9. The Balaban J connectivity index is 2.51. The lowest BCUT2D eigenvalue weighted by Crippen LogP contribution is -2.30. The molecule has 8 heteroatoms. The van der Waals surface area contributed by atoms with E-state index in [1.807, 2.05) is 6.92 Å². The third-order valence-electron chi connectivity index (χ3n) is 2.57. The average Bonchev–Trinajstić information content (AvgIpc) is 2.85. The fourth-order valence-electron chi connectivity index (χ4n) is 1.78. The lowest BCUT2D eigenvalue weighted by molar-refractivity contribution is 0.544. The maximum Gasteiger partial charge on any atom is 0.0996 e. The summed E-state index contributed by atoms with van der Waals surface area (Å²) in [6.45, 7) is 2.67. The first-order valence-corrected chi connectivity index (χ1v) is 7.15. The predicted molar refractivity (Wildman–Crippen MR) is 76.4 cm³/mol. The largest absolute Gasteiger partial charge is 0.271 e. The molecule has 0 bridgehead atoms. The highest BCUT2D eigenvalue weighted by Crippen LogP contribution is 2.38. The van der Waals surface area contributed by atoms with Gasteiger partial charge in [-0.1, -0.05) is 34.8 Å². The number of nitrogens with one attached hydrogen (secondary N) is 1. The zero-order valence-electron chi connectivity index (χ0n) is 9.45. The van der Waals surface area contributed by atoms with Crippen LogP contribution in [-0.4, -0.2) is 9.78 Å². The van der Waals surface area contributed by atoms with Crippen LogP contribution in [0.1, 0.15) is 24.2 Å². The molecule has 0 aliphatic carbocycles. The van der Waals surface area contributed by atoms with Gasteiger partial charge in [-0.2, -0.15) is 5.10 Å². The van der Waals surface area contributed by atoms with E-state index in [4.69, 9.17) is 40.6 Å². The van der Waals surface area contributed by atoms with Crippen molar-refractivity contribution in [2.45, 2.75) is 19.5 Å². The summed E-state index contributed by atoms with van der Waals surface area (Å²) in [4.78, 5) is 0. The first kappa shape index (κ1) is 14.1. The second kappa shape index (κ2) is 5.77. The van der Waals surface area contributed by atoms with Crippen LogP contribution in [0.2, 0.25) is 13.7 Å². The standard InChI is InChI=1S/C10H11Cl3N4S/c1-2-17-9(6(11)4-15-17)8(16-14)5-3-7(12)18-10(5)13/h3-4,8,16H,2,14H2,1H3. The molecule has 0 saturated carbocycles. The van der Waals surface area contributed by atoms with Gasteiger partial charge in [0.25, 0.3) is 0 Å². The summed E-state index contributed by atoms with van der Waals surface area (Å²) in [6.07, 6.45) is 1.59. The van der Waals surface area contributed by atoms with Crippen molar-refractivity contribution in [1.29, 1.82) is 0 Å². The number of aryl methyl sites for hydroxylation is 1. The van der Waals surface area contributed by atoms with Gasteiger partial charge in [0.05, 0.1) is 31.6 Å². The third kappa shape index (κ3) is 2.52. The summed E-state index contributed by atoms with van der Waals surface area (Å²) in [6, 6.07) is 1.44. The smallest absolute Gasteiger partial charge is 0.0996 e. The monoisotopic (exact) mass is 324 g/mol. The Kier molecular flexibility index (Phi) is 4.53. The van der Waals surface area contributed by atoms with Crippen molar-refractivity contribution in [2.75, 3.05) is 0 Å². The highest BCUT2D eigenvalue weighted by Gasteiger charge is 2.24. The number of aromatic nitrogens is 2. The van der Waals surface area contributed by atoms with Crippen LogP contribution in [0, 0.1) is 0 Å². The topological polar surface area (TPSA) is 55.9 Å². The zero-order chi connectivity index (χ0) is 13.3. The number of nitrogens with two attached hydrogens (primary N) is 1. The molecule has 3 N–H and O–H groups in total. The Morgan fingerprint density at radius 1 is 1.50 bits per heavy atom. The van der Waals surface area contributed by atoms with E-state index in [0.29, 0.717) is 20.2 Å². The predicted octanol–water partition coefficient (Wildman–Crippen LogP) is 3.48. The zero-order valence-corrected chi connectivity index (χ0v) is 12.5. The molecule has 1 atom stereocenters. The van der Waals surface area contributed by atoms with E-state index in [-0.39, 0.29) is 6.04 Å². The van der Waals surface area contributed by atoms with E-state index in [1.165, 1.54) is 11.3 Å². The summed E-state index contributed by atoms with van der Waals surface area (Å²) >= 11 is 19.5. The summed E-state index contributed by atoms with van der Waals surface area (Å²) in [5, 5.41) is 4.72. The molecule has 0 aliphatic heterocycles. The molecule has 0 spiro atoms. The van der Waals surface area contributed by atoms with Crippen LogP contribution in [0.4, 0.5) is 0 Å². The Bertz CT molecular complexity index is 551. The van der Waals surface area contributed by atoms with Crippen molar-refractivity contribution >= 4 is 46.1 Å². The minimum Gasteiger partial charge on any atom is -0.271 e. The molecule has 0 aliphatic rings. The lowest BCUT2D eigenvalue weighted by Gasteiger charge is -2.17. The molecule has 98 valence electrons. The van der Waals surface area contributed by atoms with E-state index < -0.39 is 0 Å². The molecular weight excluding hydrogens is 315 g/mol. The molecule has 2 heterocycles. The van der Waals surface area contributed by atoms with Gasteiger partial charge < -0.3 is 0 Å². The molecule has 1 unspecified atom stereocenters. The number of rotatable bonds is 4. The molecular formula is C10H11Cl3N4S. The van der Waals surface area contributed by atoms with Gasteiger partial charge in [-0.05, 0) is 13.0 Å². The first-order valence-electron chi connectivity index (χ1n) is 5.20. The highest BCUT2D eigenvalue weighted by molar-refractivity contribution is 7.20. The number of hydrogen-bond acceptors (Lipinski definition) is 4. The van der Waals surface area contributed by atoms with E-state index in [9.17, 15) is 0 Å². The maximum absolute atomic E-state index is 6.15. The van der Waals surface area contributed by atoms with Crippen LogP contribution < -0.4 is 11.3 Å². The molecule has 0 radical (unpaired) electrons. The van der Waals surface area contributed by atoms with Crippen molar-refractivity contribution in [3.05, 3.63) is 37.2 Å². The average molecular weight is 326 g/mol. The quantitative estimate of drug-likeness (QED) is 0.668. The van der Waals surface area contributed by atoms with Gasteiger partial charge in [0.1, 0.15) is 0 Å². The van der Waals surface area contributed by atoms with E-state index in [1.54, 1.807) is 16.9 Å². The van der Waals surface area contributed by atoms with Gasteiger partial charge in [-0.15, -0.1) is 11.3 Å². The summed E-state index contributed by atoms with van der Waals surface area (Å²) in [7, 11) is 0. The number of thiophene rings is 1. The molecule has 4 nitrogen and oxygen atoms in total. The van der Waals surface area contributed by atoms with E-state index in [2.05, 4.69) is 10.5 Å². The Morgan fingerprint density at radius 2 is 2.22 bits per heavy atom. The maximum atomic E-state index is 6.15. The minimum atomic E-state index is -0.337. The number of halogens is 3. The third-order valence-corrected chi connectivity index (χ3v) is 4.38. The summed E-state index contributed by atoms with van der Waals surface area (Å²) in [5.74, 6) is 5.62. The number of hydrogen-bond donors (Lipinski definition) is 2. The van der Waals surface area contributed by atoms with Crippen LogP contribution in [0.3, 0.4) is 0 Å². The molecule has 2 aromatic heterocycles. The van der Waals surface area contributed by atoms with Crippen molar-refractivity contribution in [3.63, 3.8) is 0 Å². The molecule has 0 amide bonds. The van der Waals surface area contributed by atoms with Gasteiger partial charge in [0, 0.05) is 12.1 Å². The van der Waals surface area contributed by atoms with E-state index >= 15 is 0 Å². The van der Waals surface area contributed by atoms with Gasteiger partial charge >= 0.3 is 0 Å². The van der Waals surface area contributed by atoms with Gasteiger partial charge in [0.2, 0.25) is 0 Å². The van der Waals surface area contributed by atoms with Crippen LogP contribution in [-0.2, 0) is 6.54 Å². The van der Waals surface area contributed by atoms with Gasteiger partial charge in [0.15, 0.2) is 0 Å². The molecule has 0 fully saturated rings. The number of hydrazine groups is 1. The molecule has 0 saturated heterocycles. The van der Waals surface area contributed by atoms with Gasteiger partial charge in [-0.3, -0.25) is 10.5 Å². The molecule has 2 rings (SSSR count). The van der Waals surface area contributed by atoms with Crippen LogP contribution >= 0.6 is 46.1 Å². The Hall–Kier alpha value is -0.300. The first-order chi connectivity index (χ1) is 8.58. The van der Waals surface area contributed by atoms with Crippen LogP contribution in [0.25, 0.3) is 0 Å². The summed E-state index contributed by atoms with van der Waals surface area (Å²) in [5.41, 5.74) is 4.28. The molecule has 0 aromatic carbocycles. The summed E-state index contributed by atoms with van der Waals surface area (Å²) < 4.78 is 2.96. The fourth-order valence-corrected chi connectivity index (χ4v) is 3.56. The second-order valence-electron chi connectivity index (χ2n) is 3.57. The number of nitrogens with zero attached hydrogens (tertiary/aromatic N) is 2. The molecule has 18 heavy (non-hydrogen) atoms. The Morgan fingerprint density at radius 3 is 2.72 bits per heavy atom. The SMILES string of the molecule is CCn1ncc(Cl)c1C(NN)c1cc(Cl)sc1Cl. The van der Waals surface area contributed by atoms with Crippen LogP contribution in [0.5, 0.6) is 0 Å². The van der Waals surface area contributed by atoms with Crippen LogP contribution in [0.15, 0.2) is 12.3 Å². The minimum absolute atomic E-state index is 0.337. The molecule has 2 aromatic rings. The van der Waals surface area contributed by atoms with Crippen molar-refractivity contribution < 1.29 is 0 Å². The van der Waals surface area contributed by atoms with Gasteiger partial charge in [-0.25, -0.2) is 5.43 Å². The second-order valence-corrected chi connectivity index (χ2v) is 6.27.